The predicted molar refractivity (Wildman–Crippen MR) is 57.2 cm³/mol. The highest BCUT2D eigenvalue weighted by molar-refractivity contribution is 5.71. The zero-order chi connectivity index (χ0) is 11.0. The number of aliphatic hydroxyl groups is 1. The highest BCUT2D eigenvalue weighted by Gasteiger charge is 2.22. The summed E-state index contributed by atoms with van der Waals surface area (Å²) >= 11 is 0. The Kier molecular flexibility index (Phi) is 2.50. The molecule has 0 saturated heterocycles. The molecule has 1 aromatic carbocycles. The number of aryl methyl sites for hydroxylation is 1. The minimum absolute atomic E-state index is 0.279. The number of nitrogens with two attached hydrogens (primary N) is 1. The lowest BCUT2D eigenvalue weighted by Crippen LogP contribution is -2.43. The van der Waals surface area contributed by atoms with Gasteiger partial charge in [0.05, 0.1) is 17.4 Å². The Morgan fingerprint density at radius 1 is 1.53 bits per heavy atom. The third-order valence-electron chi connectivity index (χ3n) is 2.46. The van der Waals surface area contributed by atoms with Crippen LogP contribution in [0.2, 0.25) is 0 Å². The standard InChI is InChI=1S/C10H14FN3O/c1-5-2-6(11)9-8(3-5)13-4-7(12)10(15)14-9/h2-3,7,10,13-15H,4,12H2,1H3/t7-,10?/m0/s1. The predicted octanol–water partition coefficient (Wildman–Crippen LogP) is 0.617. The minimum atomic E-state index is -0.934. The maximum Gasteiger partial charge on any atom is 0.148 e. The van der Waals surface area contributed by atoms with E-state index >= 15 is 0 Å². The molecule has 0 amide bonds. The first-order valence-electron chi connectivity index (χ1n) is 4.82. The molecular weight excluding hydrogens is 197 g/mol. The SMILES string of the molecule is Cc1cc(F)c2c(c1)NC[C@H](N)C(O)N2. The summed E-state index contributed by atoms with van der Waals surface area (Å²) in [6, 6.07) is 2.77. The van der Waals surface area contributed by atoms with Crippen molar-refractivity contribution < 1.29 is 9.50 Å². The van der Waals surface area contributed by atoms with E-state index in [2.05, 4.69) is 10.6 Å². The van der Waals surface area contributed by atoms with Crippen molar-refractivity contribution in [2.75, 3.05) is 17.2 Å². The monoisotopic (exact) mass is 211 g/mol. The molecule has 0 radical (unpaired) electrons. The normalized spacial score (nSPS) is 24.8. The Morgan fingerprint density at radius 2 is 2.27 bits per heavy atom. The average Bonchev–Trinajstić information content (AvgIpc) is 2.30. The first-order valence-corrected chi connectivity index (χ1v) is 4.82. The van der Waals surface area contributed by atoms with E-state index < -0.39 is 12.3 Å². The fraction of sp³-hybridized carbons (Fsp3) is 0.400. The third-order valence-corrected chi connectivity index (χ3v) is 2.46. The molecule has 1 aliphatic rings. The molecule has 1 unspecified atom stereocenters. The van der Waals surface area contributed by atoms with Crippen molar-refractivity contribution in [1.29, 1.82) is 0 Å². The van der Waals surface area contributed by atoms with E-state index in [1.165, 1.54) is 6.07 Å². The Morgan fingerprint density at radius 3 is 3.00 bits per heavy atom. The number of rotatable bonds is 0. The summed E-state index contributed by atoms with van der Waals surface area (Å²) in [4.78, 5) is 0. The molecule has 1 heterocycles. The number of nitrogens with one attached hydrogen (secondary N) is 2. The van der Waals surface area contributed by atoms with Crippen LogP contribution in [0.4, 0.5) is 15.8 Å². The van der Waals surface area contributed by atoms with Gasteiger partial charge in [-0.05, 0) is 24.6 Å². The number of hydrogen-bond donors (Lipinski definition) is 4. The zero-order valence-corrected chi connectivity index (χ0v) is 8.42. The number of benzene rings is 1. The quantitative estimate of drug-likeness (QED) is 0.507. The van der Waals surface area contributed by atoms with Crippen LogP contribution in [0.1, 0.15) is 5.56 Å². The van der Waals surface area contributed by atoms with Crippen LogP contribution in [0.15, 0.2) is 12.1 Å². The van der Waals surface area contributed by atoms with E-state index in [0.717, 1.165) is 5.56 Å². The van der Waals surface area contributed by atoms with Gasteiger partial charge in [-0.2, -0.15) is 0 Å². The molecule has 0 aliphatic carbocycles. The third kappa shape index (κ3) is 1.88. The second-order valence-electron chi connectivity index (χ2n) is 3.80. The molecule has 2 rings (SSSR count). The number of hydrogen-bond acceptors (Lipinski definition) is 4. The lowest BCUT2D eigenvalue weighted by molar-refractivity contribution is 0.177. The second-order valence-corrected chi connectivity index (χ2v) is 3.80. The van der Waals surface area contributed by atoms with Gasteiger partial charge in [0.15, 0.2) is 0 Å². The summed E-state index contributed by atoms with van der Waals surface area (Å²) in [5, 5.41) is 15.2. The van der Waals surface area contributed by atoms with Crippen LogP contribution in [0, 0.1) is 12.7 Å². The van der Waals surface area contributed by atoms with E-state index in [-0.39, 0.29) is 11.5 Å². The number of anilines is 2. The summed E-state index contributed by atoms with van der Waals surface area (Å²) in [5.41, 5.74) is 7.39. The molecule has 82 valence electrons. The van der Waals surface area contributed by atoms with Crippen LogP contribution in [0.25, 0.3) is 0 Å². The largest absolute Gasteiger partial charge is 0.382 e. The van der Waals surface area contributed by atoms with E-state index in [4.69, 9.17) is 5.73 Å². The van der Waals surface area contributed by atoms with E-state index in [1.54, 1.807) is 0 Å². The van der Waals surface area contributed by atoms with E-state index in [9.17, 15) is 9.50 Å². The van der Waals surface area contributed by atoms with Crippen LogP contribution < -0.4 is 16.4 Å². The Balaban J connectivity index is 2.43. The van der Waals surface area contributed by atoms with E-state index in [1.807, 2.05) is 13.0 Å². The molecule has 0 bridgehead atoms. The Hall–Kier alpha value is -1.33. The highest BCUT2D eigenvalue weighted by atomic mass is 19.1. The molecule has 15 heavy (non-hydrogen) atoms. The fourth-order valence-electron chi connectivity index (χ4n) is 1.62. The molecule has 0 saturated carbocycles. The van der Waals surface area contributed by atoms with Gasteiger partial charge < -0.3 is 21.5 Å². The van der Waals surface area contributed by atoms with Crippen molar-refractivity contribution in [1.82, 2.24) is 0 Å². The molecule has 4 nitrogen and oxygen atoms in total. The highest BCUT2D eigenvalue weighted by Crippen LogP contribution is 2.29. The number of halogens is 1. The van der Waals surface area contributed by atoms with Crippen molar-refractivity contribution in [2.45, 2.75) is 19.2 Å². The molecule has 2 atom stereocenters. The van der Waals surface area contributed by atoms with Gasteiger partial charge >= 0.3 is 0 Å². The fourth-order valence-corrected chi connectivity index (χ4v) is 1.62. The van der Waals surface area contributed by atoms with Gasteiger partial charge in [-0.25, -0.2) is 4.39 Å². The zero-order valence-electron chi connectivity index (χ0n) is 8.42. The molecular formula is C10H14FN3O. The smallest absolute Gasteiger partial charge is 0.148 e. The van der Waals surface area contributed by atoms with Gasteiger partial charge in [0.2, 0.25) is 0 Å². The summed E-state index contributed by atoms with van der Waals surface area (Å²) in [5.74, 6) is -0.384. The van der Waals surface area contributed by atoms with Crippen LogP contribution in [-0.4, -0.2) is 23.9 Å². The van der Waals surface area contributed by atoms with Gasteiger partial charge in [-0.1, -0.05) is 0 Å². The minimum Gasteiger partial charge on any atom is -0.382 e. The van der Waals surface area contributed by atoms with E-state index in [0.29, 0.717) is 12.2 Å². The summed E-state index contributed by atoms with van der Waals surface area (Å²) in [6.45, 7) is 2.22. The molecule has 1 aromatic rings. The first-order chi connectivity index (χ1) is 7.08. The van der Waals surface area contributed by atoms with Crippen LogP contribution >= 0.6 is 0 Å². The van der Waals surface area contributed by atoms with Crippen molar-refractivity contribution in [3.05, 3.63) is 23.5 Å². The average molecular weight is 211 g/mol. The summed E-state index contributed by atoms with van der Waals surface area (Å²) in [7, 11) is 0. The molecule has 5 N–H and O–H groups in total. The first kappa shape index (κ1) is 10.2. The number of aliphatic hydroxyl groups excluding tert-OH is 1. The maximum atomic E-state index is 13.6. The maximum absolute atomic E-state index is 13.6. The van der Waals surface area contributed by atoms with Gasteiger partial charge in [-0.3, -0.25) is 0 Å². The van der Waals surface area contributed by atoms with Crippen molar-refractivity contribution in [3.63, 3.8) is 0 Å². The van der Waals surface area contributed by atoms with Gasteiger partial charge in [-0.15, -0.1) is 0 Å². The Labute approximate surface area is 87.3 Å². The van der Waals surface area contributed by atoms with Crippen molar-refractivity contribution in [3.8, 4) is 0 Å². The van der Waals surface area contributed by atoms with Crippen molar-refractivity contribution in [2.24, 2.45) is 5.73 Å². The summed E-state index contributed by atoms with van der Waals surface area (Å²) in [6.07, 6.45) is -0.934. The molecule has 0 aromatic heterocycles. The molecule has 5 heteroatoms. The molecule has 1 aliphatic heterocycles. The Bertz CT molecular complexity index is 383. The molecule has 0 spiro atoms. The van der Waals surface area contributed by atoms with Gasteiger partial charge in [0, 0.05) is 6.54 Å². The van der Waals surface area contributed by atoms with Crippen LogP contribution in [0.3, 0.4) is 0 Å². The summed E-state index contributed by atoms with van der Waals surface area (Å²) < 4.78 is 13.6. The topological polar surface area (TPSA) is 70.3 Å². The molecule has 0 fully saturated rings. The van der Waals surface area contributed by atoms with Gasteiger partial charge in [0.1, 0.15) is 12.0 Å². The van der Waals surface area contributed by atoms with Crippen molar-refractivity contribution >= 4 is 11.4 Å². The van der Waals surface area contributed by atoms with Gasteiger partial charge in [0.25, 0.3) is 0 Å². The second kappa shape index (κ2) is 3.67. The number of fused-ring (bicyclic) bond motifs is 1. The lowest BCUT2D eigenvalue weighted by Gasteiger charge is -2.16. The van der Waals surface area contributed by atoms with Crippen LogP contribution in [-0.2, 0) is 0 Å². The van der Waals surface area contributed by atoms with Crippen LogP contribution in [0.5, 0.6) is 0 Å². The lowest BCUT2D eigenvalue weighted by atomic mass is 10.2.